The van der Waals surface area contributed by atoms with Crippen molar-refractivity contribution in [3.63, 3.8) is 0 Å². The number of rotatable bonds is 6. The van der Waals surface area contributed by atoms with Crippen LogP contribution in [0.1, 0.15) is 22.3 Å². The van der Waals surface area contributed by atoms with Crippen molar-refractivity contribution in [2.45, 2.75) is 12.8 Å². The first-order valence-corrected chi connectivity index (χ1v) is 9.21. The van der Waals surface area contributed by atoms with Gasteiger partial charge in [-0.2, -0.15) is 0 Å². The second-order valence-electron chi connectivity index (χ2n) is 6.54. The van der Waals surface area contributed by atoms with Gasteiger partial charge in [0.1, 0.15) is 11.6 Å². The zero-order valence-corrected chi connectivity index (χ0v) is 15.9. The molecule has 0 fully saturated rings. The summed E-state index contributed by atoms with van der Waals surface area (Å²) in [5.41, 5.74) is 5.11. The normalized spacial score (nSPS) is 10.5. The van der Waals surface area contributed by atoms with Crippen molar-refractivity contribution in [3.8, 4) is 0 Å². The van der Waals surface area contributed by atoms with E-state index in [0.717, 1.165) is 28.5 Å². The highest BCUT2D eigenvalue weighted by atomic mass is 19.1. The maximum atomic E-state index is 13.5. The summed E-state index contributed by atoms with van der Waals surface area (Å²) in [4.78, 5) is 35.8. The monoisotopic (exact) mass is 411 g/mol. The molecule has 0 aromatic heterocycles. The summed E-state index contributed by atoms with van der Waals surface area (Å²) in [6, 6.07) is 15.9. The molecular formula is C22H19F2N3O3. The molecule has 3 aromatic carbocycles. The van der Waals surface area contributed by atoms with Gasteiger partial charge in [-0.25, -0.2) is 8.78 Å². The third-order valence-corrected chi connectivity index (χ3v) is 4.39. The standard InChI is InChI=1S/C22H19F2N3O3/c23-16-8-9-18(19(24)13-16)22(30)25-11-10-20(28)26-27-21(29)12-15-6-3-5-14-4-1-2-7-17(14)15/h1-9,13H,10-12H2,(H,25,30)(H,26,28)(H,27,29). The lowest BCUT2D eigenvalue weighted by Crippen LogP contribution is -2.43. The summed E-state index contributed by atoms with van der Waals surface area (Å²) in [5, 5.41) is 4.33. The van der Waals surface area contributed by atoms with Gasteiger partial charge in [0.05, 0.1) is 12.0 Å². The Kier molecular flexibility index (Phi) is 6.69. The minimum absolute atomic E-state index is 0.0827. The van der Waals surface area contributed by atoms with E-state index in [1.165, 1.54) is 0 Å². The average molecular weight is 411 g/mol. The molecule has 8 heteroatoms. The van der Waals surface area contributed by atoms with E-state index in [0.29, 0.717) is 6.07 Å². The Labute approximate surface area is 171 Å². The van der Waals surface area contributed by atoms with Gasteiger partial charge in [0.15, 0.2) is 0 Å². The van der Waals surface area contributed by atoms with E-state index in [1.807, 2.05) is 42.5 Å². The number of benzene rings is 3. The number of hydrogen-bond donors (Lipinski definition) is 3. The van der Waals surface area contributed by atoms with Crippen LogP contribution in [0.5, 0.6) is 0 Å². The Morgan fingerprint density at radius 2 is 1.57 bits per heavy atom. The highest BCUT2D eigenvalue weighted by Gasteiger charge is 2.13. The van der Waals surface area contributed by atoms with Crippen molar-refractivity contribution in [3.05, 3.63) is 83.4 Å². The third-order valence-electron chi connectivity index (χ3n) is 4.39. The molecule has 0 atom stereocenters. The first-order valence-electron chi connectivity index (χ1n) is 9.21. The van der Waals surface area contributed by atoms with Gasteiger partial charge in [0, 0.05) is 19.0 Å². The lowest BCUT2D eigenvalue weighted by molar-refractivity contribution is -0.128. The largest absolute Gasteiger partial charge is 0.351 e. The summed E-state index contributed by atoms with van der Waals surface area (Å²) in [5.74, 6) is -3.46. The van der Waals surface area contributed by atoms with Crippen LogP contribution in [0.3, 0.4) is 0 Å². The fourth-order valence-corrected chi connectivity index (χ4v) is 2.92. The van der Waals surface area contributed by atoms with Gasteiger partial charge < -0.3 is 5.32 Å². The summed E-state index contributed by atoms with van der Waals surface area (Å²) >= 11 is 0. The van der Waals surface area contributed by atoms with Gasteiger partial charge >= 0.3 is 0 Å². The molecule has 3 N–H and O–H groups in total. The molecule has 0 radical (unpaired) electrons. The number of fused-ring (bicyclic) bond motifs is 1. The van der Waals surface area contributed by atoms with Gasteiger partial charge in [-0.1, -0.05) is 42.5 Å². The second-order valence-corrected chi connectivity index (χ2v) is 6.54. The Morgan fingerprint density at radius 1 is 0.833 bits per heavy atom. The number of carbonyl (C=O) groups is 3. The van der Waals surface area contributed by atoms with Crippen LogP contribution in [0.15, 0.2) is 60.7 Å². The fraction of sp³-hybridized carbons (Fsp3) is 0.136. The summed E-state index contributed by atoms with van der Waals surface area (Å²) in [6.45, 7) is -0.0827. The molecule has 0 bridgehead atoms. The summed E-state index contributed by atoms with van der Waals surface area (Å²) in [6.07, 6.45) is -0.0503. The van der Waals surface area contributed by atoms with Crippen molar-refractivity contribution in [1.82, 2.24) is 16.2 Å². The van der Waals surface area contributed by atoms with Gasteiger partial charge in [-0.3, -0.25) is 25.2 Å². The number of hydrogen-bond acceptors (Lipinski definition) is 3. The number of hydrazine groups is 1. The molecule has 0 aliphatic rings. The summed E-state index contributed by atoms with van der Waals surface area (Å²) in [7, 11) is 0. The van der Waals surface area contributed by atoms with Crippen molar-refractivity contribution in [2.24, 2.45) is 0 Å². The second kappa shape index (κ2) is 9.60. The van der Waals surface area contributed by atoms with E-state index >= 15 is 0 Å². The lowest BCUT2D eigenvalue weighted by atomic mass is 10.0. The molecule has 0 unspecified atom stereocenters. The van der Waals surface area contributed by atoms with E-state index in [4.69, 9.17) is 0 Å². The van der Waals surface area contributed by atoms with Crippen molar-refractivity contribution in [2.75, 3.05) is 6.54 Å². The predicted octanol–water partition coefficient (Wildman–Crippen LogP) is 2.63. The first-order chi connectivity index (χ1) is 14.4. The lowest BCUT2D eigenvalue weighted by Gasteiger charge is -2.10. The van der Waals surface area contributed by atoms with E-state index in [2.05, 4.69) is 16.2 Å². The Bertz CT molecular complexity index is 1100. The van der Waals surface area contributed by atoms with Gasteiger partial charge in [-0.05, 0) is 28.5 Å². The van der Waals surface area contributed by atoms with Crippen LogP contribution in [-0.4, -0.2) is 24.3 Å². The molecule has 0 saturated carbocycles. The smallest absolute Gasteiger partial charge is 0.254 e. The number of carbonyl (C=O) groups excluding carboxylic acids is 3. The molecular weight excluding hydrogens is 392 g/mol. The highest BCUT2D eigenvalue weighted by Crippen LogP contribution is 2.18. The van der Waals surface area contributed by atoms with Crippen molar-refractivity contribution < 1.29 is 23.2 Å². The van der Waals surface area contributed by atoms with Gasteiger partial charge in [-0.15, -0.1) is 0 Å². The van der Waals surface area contributed by atoms with Crippen LogP contribution in [0, 0.1) is 11.6 Å². The maximum absolute atomic E-state index is 13.5. The third kappa shape index (κ3) is 5.38. The molecule has 0 spiro atoms. The minimum Gasteiger partial charge on any atom is -0.351 e. The van der Waals surface area contributed by atoms with E-state index < -0.39 is 29.4 Å². The van der Waals surface area contributed by atoms with Crippen LogP contribution in [0.25, 0.3) is 10.8 Å². The molecule has 0 aliphatic heterocycles. The van der Waals surface area contributed by atoms with Gasteiger partial charge in [0.2, 0.25) is 11.8 Å². The molecule has 154 valence electrons. The van der Waals surface area contributed by atoms with Crippen LogP contribution in [0.2, 0.25) is 0 Å². The summed E-state index contributed by atoms with van der Waals surface area (Å²) < 4.78 is 26.4. The fourth-order valence-electron chi connectivity index (χ4n) is 2.92. The maximum Gasteiger partial charge on any atom is 0.254 e. The number of halogens is 2. The molecule has 3 amide bonds. The van der Waals surface area contributed by atoms with Crippen molar-refractivity contribution >= 4 is 28.5 Å². The van der Waals surface area contributed by atoms with E-state index in [9.17, 15) is 23.2 Å². The topological polar surface area (TPSA) is 87.3 Å². The zero-order chi connectivity index (χ0) is 21.5. The highest BCUT2D eigenvalue weighted by molar-refractivity contribution is 5.95. The zero-order valence-electron chi connectivity index (χ0n) is 15.9. The van der Waals surface area contributed by atoms with E-state index in [1.54, 1.807) is 0 Å². The van der Waals surface area contributed by atoms with Gasteiger partial charge in [0.25, 0.3) is 5.91 Å². The SMILES string of the molecule is O=C(CCNC(=O)c1ccc(F)cc1F)NNC(=O)Cc1cccc2ccccc12. The molecule has 3 aromatic rings. The molecule has 0 saturated heterocycles. The van der Waals surface area contributed by atoms with Crippen LogP contribution in [0.4, 0.5) is 8.78 Å². The van der Waals surface area contributed by atoms with Crippen LogP contribution >= 0.6 is 0 Å². The Hall–Kier alpha value is -3.81. The predicted molar refractivity (Wildman–Crippen MR) is 107 cm³/mol. The number of nitrogens with one attached hydrogen (secondary N) is 3. The molecule has 30 heavy (non-hydrogen) atoms. The van der Waals surface area contributed by atoms with Crippen LogP contribution < -0.4 is 16.2 Å². The Morgan fingerprint density at radius 3 is 2.37 bits per heavy atom. The minimum atomic E-state index is -0.988. The molecule has 6 nitrogen and oxygen atoms in total. The molecule has 0 heterocycles. The Balaban J connectivity index is 1.43. The van der Waals surface area contributed by atoms with E-state index in [-0.39, 0.29) is 24.9 Å². The number of amides is 3. The quantitative estimate of drug-likeness (QED) is 0.545. The van der Waals surface area contributed by atoms with Crippen LogP contribution in [-0.2, 0) is 16.0 Å². The molecule has 0 aliphatic carbocycles. The average Bonchev–Trinajstić information content (AvgIpc) is 2.72. The first kappa shape index (κ1) is 20.9. The molecule has 3 rings (SSSR count). The van der Waals surface area contributed by atoms with Crippen molar-refractivity contribution in [1.29, 1.82) is 0 Å².